The maximum Gasteiger partial charge on any atom is 0.266 e. The summed E-state index contributed by atoms with van der Waals surface area (Å²) < 4.78 is 12.1. The zero-order chi connectivity index (χ0) is 16.3. The molecule has 0 spiro atoms. The number of thioether (sulfide) groups is 1. The maximum absolute atomic E-state index is 12.3. The lowest BCUT2D eigenvalue weighted by Crippen LogP contribution is -2.27. The van der Waals surface area contributed by atoms with Crippen molar-refractivity contribution in [1.29, 1.82) is 0 Å². The topological polar surface area (TPSA) is 38.8 Å². The number of benzene rings is 1. The Morgan fingerprint density at radius 3 is 2.73 bits per heavy atom. The van der Waals surface area contributed by atoms with Crippen LogP contribution in [0.4, 0.5) is 0 Å². The predicted octanol–water partition coefficient (Wildman–Crippen LogP) is 3.70. The molecule has 0 saturated carbocycles. The summed E-state index contributed by atoms with van der Waals surface area (Å²) >= 11 is 8.69. The van der Waals surface area contributed by atoms with E-state index in [2.05, 4.69) is 29.2 Å². The third-order valence-corrected chi connectivity index (χ3v) is 5.12. The summed E-state index contributed by atoms with van der Waals surface area (Å²) in [5.74, 6) is 1.21. The van der Waals surface area contributed by atoms with Crippen molar-refractivity contribution in [3.8, 4) is 11.5 Å². The largest absolute Gasteiger partial charge is 0.493 e. The molecule has 0 radical (unpaired) electrons. The van der Waals surface area contributed by atoms with E-state index in [0.29, 0.717) is 27.3 Å². The van der Waals surface area contributed by atoms with Crippen LogP contribution < -0.4 is 9.47 Å². The highest BCUT2D eigenvalue weighted by atomic mass is 127. The second-order valence-corrected chi connectivity index (χ2v) is 7.16. The highest BCUT2D eigenvalue weighted by Gasteiger charge is 2.31. The van der Waals surface area contributed by atoms with Gasteiger partial charge in [0.2, 0.25) is 0 Å². The summed E-state index contributed by atoms with van der Waals surface area (Å²) in [7, 11) is 3.18. The highest BCUT2D eigenvalue weighted by Crippen LogP contribution is 2.37. The molecular weight excluding hydrogens is 433 g/mol. The first kappa shape index (κ1) is 17.3. The number of rotatable bonds is 5. The molecule has 0 aromatic heterocycles. The van der Waals surface area contributed by atoms with Gasteiger partial charge in [-0.2, -0.15) is 0 Å². The average Bonchev–Trinajstić information content (AvgIpc) is 2.74. The molecule has 116 valence electrons. The Labute approximate surface area is 152 Å². The molecule has 2 rings (SSSR count). The summed E-state index contributed by atoms with van der Waals surface area (Å²) in [5, 5.41) is 0. The van der Waals surface area contributed by atoms with Crippen LogP contribution in [0.15, 0.2) is 29.7 Å². The average molecular weight is 447 g/mol. The van der Waals surface area contributed by atoms with Crippen LogP contribution in [-0.2, 0) is 4.79 Å². The van der Waals surface area contributed by atoms with E-state index in [9.17, 15) is 4.79 Å². The van der Waals surface area contributed by atoms with Gasteiger partial charge < -0.3 is 9.47 Å². The summed E-state index contributed by atoms with van der Waals surface area (Å²) in [5.41, 5.74) is 0.862. The van der Waals surface area contributed by atoms with Crippen molar-refractivity contribution >= 4 is 62.9 Å². The normalized spacial score (nSPS) is 16.3. The molecule has 0 unspecified atom stereocenters. The Morgan fingerprint density at radius 2 is 2.14 bits per heavy atom. The van der Waals surface area contributed by atoms with Gasteiger partial charge >= 0.3 is 0 Å². The summed E-state index contributed by atoms with van der Waals surface area (Å²) in [6.07, 6.45) is 3.47. The quantitative estimate of drug-likeness (QED) is 0.298. The van der Waals surface area contributed by atoms with Crippen LogP contribution in [0.3, 0.4) is 0 Å². The SMILES string of the molecule is C=CCN1C(=O)/C(=C/c2cc(I)c(OC)c(OC)c2)SC1=S. The Kier molecular flexibility index (Phi) is 5.87. The molecule has 1 heterocycles. The summed E-state index contributed by atoms with van der Waals surface area (Å²) in [4.78, 5) is 14.4. The molecule has 1 aromatic carbocycles. The van der Waals surface area contributed by atoms with Gasteiger partial charge in [0.15, 0.2) is 11.5 Å². The zero-order valence-corrected chi connectivity index (χ0v) is 15.9. The van der Waals surface area contributed by atoms with E-state index in [4.69, 9.17) is 21.7 Å². The van der Waals surface area contributed by atoms with Gasteiger partial charge in [-0.1, -0.05) is 30.1 Å². The molecule has 1 aliphatic heterocycles. The van der Waals surface area contributed by atoms with Crippen LogP contribution in [0, 0.1) is 3.57 Å². The molecule has 7 heteroatoms. The second kappa shape index (κ2) is 7.47. The third kappa shape index (κ3) is 3.47. The van der Waals surface area contributed by atoms with Crippen molar-refractivity contribution in [3.63, 3.8) is 0 Å². The number of halogens is 1. The van der Waals surface area contributed by atoms with E-state index < -0.39 is 0 Å². The van der Waals surface area contributed by atoms with Gasteiger partial charge in [-0.25, -0.2) is 0 Å². The Morgan fingerprint density at radius 1 is 1.41 bits per heavy atom. The molecule has 1 aliphatic rings. The van der Waals surface area contributed by atoms with Gasteiger partial charge in [-0.05, 0) is 46.4 Å². The molecule has 1 fully saturated rings. The Hall–Kier alpha value is -1.06. The number of hydrogen-bond acceptors (Lipinski definition) is 5. The number of carbonyl (C=O) groups excluding carboxylic acids is 1. The smallest absolute Gasteiger partial charge is 0.266 e. The van der Waals surface area contributed by atoms with Gasteiger partial charge in [-0.15, -0.1) is 6.58 Å². The molecular formula is C15H14INO3S2. The maximum atomic E-state index is 12.3. The number of thiocarbonyl (C=S) groups is 1. The molecule has 0 N–H and O–H groups in total. The van der Waals surface area contributed by atoms with Crippen molar-refractivity contribution in [2.75, 3.05) is 20.8 Å². The van der Waals surface area contributed by atoms with Crippen LogP contribution >= 0.6 is 46.6 Å². The van der Waals surface area contributed by atoms with E-state index in [0.717, 1.165) is 9.13 Å². The van der Waals surface area contributed by atoms with Crippen molar-refractivity contribution in [2.45, 2.75) is 0 Å². The van der Waals surface area contributed by atoms with E-state index in [1.807, 2.05) is 18.2 Å². The standard InChI is InChI=1S/C15H14INO3S2/c1-4-5-17-14(18)12(22-15(17)21)8-9-6-10(16)13(20-3)11(7-9)19-2/h4,6-8H,1,5H2,2-3H3/b12-8-. The van der Waals surface area contributed by atoms with Crippen LogP contribution in [-0.4, -0.2) is 35.9 Å². The van der Waals surface area contributed by atoms with E-state index >= 15 is 0 Å². The van der Waals surface area contributed by atoms with Gasteiger partial charge in [0.1, 0.15) is 4.32 Å². The Bertz CT molecular complexity index is 673. The monoisotopic (exact) mass is 447 g/mol. The van der Waals surface area contributed by atoms with Crippen molar-refractivity contribution in [2.24, 2.45) is 0 Å². The van der Waals surface area contributed by atoms with Crippen molar-refractivity contribution in [3.05, 3.63) is 38.8 Å². The molecule has 0 atom stereocenters. The highest BCUT2D eigenvalue weighted by molar-refractivity contribution is 14.1. The summed E-state index contributed by atoms with van der Waals surface area (Å²) in [6.45, 7) is 4.06. The van der Waals surface area contributed by atoms with E-state index in [-0.39, 0.29) is 5.91 Å². The first-order valence-corrected chi connectivity index (χ1v) is 8.60. The zero-order valence-electron chi connectivity index (χ0n) is 12.1. The first-order valence-electron chi connectivity index (χ1n) is 6.29. The molecule has 4 nitrogen and oxygen atoms in total. The summed E-state index contributed by atoms with van der Waals surface area (Å²) in [6, 6.07) is 3.77. The first-order chi connectivity index (χ1) is 10.5. The number of amides is 1. The van der Waals surface area contributed by atoms with Crippen LogP contribution in [0.2, 0.25) is 0 Å². The lowest BCUT2D eigenvalue weighted by molar-refractivity contribution is -0.121. The molecule has 1 aromatic rings. The van der Waals surface area contributed by atoms with Crippen LogP contribution in [0.25, 0.3) is 6.08 Å². The van der Waals surface area contributed by atoms with Crippen molar-refractivity contribution in [1.82, 2.24) is 4.90 Å². The fourth-order valence-electron chi connectivity index (χ4n) is 1.96. The predicted molar refractivity (Wildman–Crippen MR) is 102 cm³/mol. The number of ether oxygens (including phenoxy) is 2. The lowest BCUT2D eigenvalue weighted by Gasteiger charge is -2.11. The molecule has 1 saturated heterocycles. The minimum Gasteiger partial charge on any atom is -0.493 e. The lowest BCUT2D eigenvalue weighted by atomic mass is 10.2. The van der Waals surface area contributed by atoms with E-state index in [1.54, 1.807) is 20.3 Å². The van der Waals surface area contributed by atoms with Crippen molar-refractivity contribution < 1.29 is 14.3 Å². The number of methoxy groups -OCH3 is 2. The second-order valence-electron chi connectivity index (χ2n) is 4.32. The third-order valence-electron chi connectivity index (χ3n) is 2.94. The molecule has 1 amide bonds. The van der Waals surface area contributed by atoms with Crippen LogP contribution in [0.1, 0.15) is 5.56 Å². The van der Waals surface area contributed by atoms with Gasteiger partial charge in [0.05, 0.1) is 22.7 Å². The fraction of sp³-hybridized carbons (Fsp3) is 0.200. The molecule has 0 bridgehead atoms. The van der Waals surface area contributed by atoms with Gasteiger partial charge in [0, 0.05) is 6.54 Å². The van der Waals surface area contributed by atoms with Gasteiger partial charge in [-0.3, -0.25) is 9.69 Å². The van der Waals surface area contributed by atoms with Gasteiger partial charge in [0.25, 0.3) is 5.91 Å². The fourth-order valence-corrected chi connectivity index (χ4v) is 4.08. The van der Waals surface area contributed by atoms with Crippen LogP contribution in [0.5, 0.6) is 11.5 Å². The number of carbonyl (C=O) groups is 1. The number of hydrogen-bond donors (Lipinski definition) is 0. The molecule has 0 aliphatic carbocycles. The minimum absolute atomic E-state index is 0.0975. The van der Waals surface area contributed by atoms with E-state index in [1.165, 1.54) is 16.7 Å². The minimum atomic E-state index is -0.0975. The molecule has 22 heavy (non-hydrogen) atoms. The number of nitrogens with zero attached hydrogens (tertiary/aromatic N) is 1. The Balaban J connectivity index is 2.38.